The van der Waals surface area contributed by atoms with Gasteiger partial charge in [0.2, 0.25) is 0 Å². The Morgan fingerprint density at radius 2 is 1.05 bits per heavy atom. The normalized spacial score (nSPS) is 24.9. The zero-order valence-corrected chi connectivity index (χ0v) is 23.7. The molecule has 4 aromatic carbocycles. The van der Waals surface area contributed by atoms with Crippen molar-refractivity contribution in [3.63, 3.8) is 0 Å². The lowest BCUT2D eigenvalue weighted by atomic mass is 9.48. The SMILES string of the molecule is c1ccc2c(c1)c1ccc(C34CC5CC(CC(C5)C3)C4)cc1n2-c1ccnc(-n2c3ccccc3c3ccccc32)c1. The van der Waals surface area contributed by atoms with Crippen LogP contribution in [-0.2, 0) is 5.41 Å². The average Bonchev–Trinajstić information content (AvgIpc) is 3.53. The molecular formula is C39H33N3. The highest BCUT2D eigenvalue weighted by molar-refractivity contribution is 6.10. The molecule has 3 nitrogen and oxygen atoms in total. The van der Waals surface area contributed by atoms with E-state index in [1.165, 1.54) is 82.1 Å². The maximum atomic E-state index is 4.95. The molecule has 4 aliphatic carbocycles. The number of rotatable bonds is 3. The van der Waals surface area contributed by atoms with Crippen molar-refractivity contribution in [3.8, 4) is 11.5 Å². The summed E-state index contributed by atoms with van der Waals surface area (Å²) >= 11 is 0. The summed E-state index contributed by atoms with van der Waals surface area (Å²) in [4.78, 5) is 4.95. The fraction of sp³-hybridized carbons (Fsp3) is 0.256. The molecule has 0 unspecified atom stereocenters. The second-order valence-electron chi connectivity index (χ2n) is 13.5. The second-order valence-corrected chi connectivity index (χ2v) is 13.5. The second kappa shape index (κ2) is 8.35. The first-order chi connectivity index (χ1) is 20.7. The summed E-state index contributed by atoms with van der Waals surface area (Å²) in [6.07, 6.45) is 10.6. The third-order valence-electron chi connectivity index (χ3n) is 11.1. The topological polar surface area (TPSA) is 22.8 Å². The highest BCUT2D eigenvalue weighted by Crippen LogP contribution is 2.61. The number of pyridine rings is 1. The van der Waals surface area contributed by atoms with Crippen LogP contribution in [0.5, 0.6) is 0 Å². The molecular weight excluding hydrogens is 510 g/mol. The number of hydrogen-bond acceptors (Lipinski definition) is 1. The van der Waals surface area contributed by atoms with Crippen molar-refractivity contribution in [3.05, 3.63) is 115 Å². The minimum absolute atomic E-state index is 0.372. The molecule has 3 heterocycles. The number of nitrogens with zero attached hydrogens (tertiary/aromatic N) is 3. The predicted molar refractivity (Wildman–Crippen MR) is 173 cm³/mol. The van der Waals surface area contributed by atoms with E-state index in [4.69, 9.17) is 4.98 Å². The Morgan fingerprint density at radius 1 is 0.524 bits per heavy atom. The minimum atomic E-state index is 0.372. The van der Waals surface area contributed by atoms with Gasteiger partial charge in [-0.3, -0.25) is 4.57 Å². The molecule has 0 spiro atoms. The monoisotopic (exact) mass is 543 g/mol. The van der Waals surface area contributed by atoms with Gasteiger partial charge in [-0.05, 0) is 97.6 Å². The standard InChI is InChI=1S/C39H33N3/c1-4-10-34-32(9-1)33-14-13-28(39-22-25-17-26(23-39)19-27(18-25)24-39)20-37(33)41(34)29-15-16-40-38(21-29)42-35-11-5-2-7-30(35)31-8-3-6-12-36(31)42/h1-16,20-21,25-27H,17-19,22-24H2. The average molecular weight is 544 g/mol. The van der Waals surface area contributed by atoms with Crippen LogP contribution in [0.15, 0.2) is 109 Å². The van der Waals surface area contributed by atoms with Crippen molar-refractivity contribution >= 4 is 43.6 Å². The van der Waals surface area contributed by atoms with Crippen LogP contribution in [-0.4, -0.2) is 14.1 Å². The molecule has 0 N–H and O–H groups in total. The molecule has 3 heteroatoms. The first-order valence-electron chi connectivity index (χ1n) is 15.7. The van der Waals surface area contributed by atoms with E-state index < -0.39 is 0 Å². The lowest BCUT2D eigenvalue weighted by molar-refractivity contribution is -0.00513. The van der Waals surface area contributed by atoms with Crippen LogP contribution in [0.3, 0.4) is 0 Å². The van der Waals surface area contributed by atoms with E-state index in [1.807, 2.05) is 6.20 Å². The Hall–Kier alpha value is -4.37. The van der Waals surface area contributed by atoms with Crippen LogP contribution in [0.2, 0.25) is 0 Å². The van der Waals surface area contributed by atoms with Crippen molar-refractivity contribution in [2.45, 2.75) is 43.9 Å². The zero-order chi connectivity index (χ0) is 27.4. The summed E-state index contributed by atoms with van der Waals surface area (Å²) in [5.41, 5.74) is 8.07. The highest BCUT2D eigenvalue weighted by atomic mass is 15.1. The molecule has 0 radical (unpaired) electrons. The van der Waals surface area contributed by atoms with Crippen LogP contribution in [0, 0.1) is 17.8 Å². The van der Waals surface area contributed by atoms with Crippen molar-refractivity contribution in [2.24, 2.45) is 17.8 Å². The summed E-state index contributed by atoms with van der Waals surface area (Å²) in [6.45, 7) is 0. The summed E-state index contributed by atoms with van der Waals surface area (Å²) < 4.78 is 4.82. The van der Waals surface area contributed by atoms with E-state index >= 15 is 0 Å². The first-order valence-corrected chi connectivity index (χ1v) is 15.7. The first kappa shape index (κ1) is 23.2. The fourth-order valence-corrected chi connectivity index (χ4v) is 9.88. The number of para-hydroxylation sites is 3. The molecule has 11 rings (SSSR count). The Morgan fingerprint density at radius 3 is 1.64 bits per heavy atom. The molecule has 7 aromatic rings. The van der Waals surface area contributed by atoms with E-state index in [9.17, 15) is 0 Å². The number of hydrogen-bond donors (Lipinski definition) is 0. The molecule has 4 fully saturated rings. The van der Waals surface area contributed by atoms with Gasteiger partial charge >= 0.3 is 0 Å². The van der Waals surface area contributed by atoms with Crippen molar-refractivity contribution < 1.29 is 0 Å². The Labute approximate surface area is 245 Å². The van der Waals surface area contributed by atoms with E-state index in [1.54, 1.807) is 5.56 Å². The molecule has 0 amide bonds. The largest absolute Gasteiger partial charge is 0.309 e. The molecule has 0 atom stereocenters. The third kappa shape index (κ3) is 3.14. The lowest BCUT2D eigenvalue weighted by Crippen LogP contribution is -2.48. The maximum absolute atomic E-state index is 4.95. The van der Waals surface area contributed by atoms with Crippen LogP contribution < -0.4 is 0 Å². The highest BCUT2D eigenvalue weighted by Gasteiger charge is 2.51. The lowest BCUT2D eigenvalue weighted by Gasteiger charge is -2.57. The van der Waals surface area contributed by atoms with Gasteiger partial charge in [0.15, 0.2) is 0 Å². The van der Waals surface area contributed by atoms with Crippen molar-refractivity contribution in [1.82, 2.24) is 14.1 Å². The van der Waals surface area contributed by atoms with Gasteiger partial charge < -0.3 is 4.57 Å². The fourth-order valence-electron chi connectivity index (χ4n) is 9.88. The van der Waals surface area contributed by atoms with Gasteiger partial charge in [-0.1, -0.05) is 66.7 Å². The van der Waals surface area contributed by atoms with E-state index in [2.05, 4.69) is 112 Å². The molecule has 4 aliphatic rings. The van der Waals surface area contributed by atoms with Gasteiger partial charge in [0, 0.05) is 33.8 Å². The number of benzene rings is 4. The number of aromatic nitrogens is 3. The Bertz CT molecular complexity index is 2110. The van der Waals surface area contributed by atoms with Crippen LogP contribution in [0.25, 0.3) is 55.1 Å². The van der Waals surface area contributed by atoms with Crippen LogP contribution in [0.4, 0.5) is 0 Å². The smallest absolute Gasteiger partial charge is 0.139 e. The summed E-state index contributed by atoms with van der Waals surface area (Å²) in [5.74, 6) is 3.76. The molecule has 0 saturated heterocycles. The van der Waals surface area contributed by atoms with Crippen LogP contribution >= 0.6 is 0 Å². The molecule has 3 aromatic heterocycles. The third-order valence-corrected chi connectivity index (χ3v) is 11.1. The van der Waals surface area contributed by atoms with Gasteiger partial charge in [0.05, 0.1) is 27.8 Å². The molecule has 0 aliphatic heterocycles. The molecule has 204 valence electrons. The van der Waals surface area contributed by atoms with Crippen molar-refractivity contribution in [1.29, 1.82) is 0 Å². The number of fused-ring (bicyclic) bond motifs is 6. The molecule has 4 bridgehead atoms. The summed E-state index contributed by atoms with van der Waals surface area (Å²) in [6, 6.07) is 38.2. The minimum Gasteiger partial charge on any atom is -0.309 e. The molecule has 4 saturated carbocycles. The predicted octanol–water partition coefficient (Wildman–Crippen LogP) is 9.74. The van der Waals surface area contributed by atoms with Gasteiger partial charge in [-0.25, -0.2) is 4.98 Å². The quantitative estimate of drug-likeness (QED) is 0.217. The van der Waals surface area contributed by atoms with Gasteiger partial charge in [-0.2, -0.15) is 0 Å². The summed E-state index contributed by atoms with van der Waals surface area (Å²) in [7, 11) is 0. The van der Waals surface area contributed by atoms with E-state index in [0.717, 1.165) is 29.3 Å². The van der Waals surface area contributed by atoms with Gasteiger partial charge in [0.25, 0.3) is 0 Å². The van der Waals surface area contributed by atoms with Gasteiger partial charge in [0.1, 0.15) is 5.82 Å². The zero-order valence-electron chi connectivity index (χ0n) is 23.7. The maximum Gasteiger partial charge on any atom is 0.139 e. The Balaban J connectivity index is 1.20. The van der Waals surface area contributed by atoms with Crippen molar-refractivity contribution in [2.75, 3.05) is 0 Å². The molecule has 42 heavy (non-hydrogen) atoms. The van der Waals surface area contributed by atoms with Crippen LogP contribution in [0.1, 0.15) is 44.1 Å². The van der Waals surface area contributed by atoms with Gasteiger partial charge in [-0.15, -0.1) is 0 Å². The van der Waals surface area contributed by atoms with E-state index in [0.29, 0.717) is 5.41 Å². The van der Waals surface area contributed by atoms with E-state index in [-0.39, 0.29) is 0 Å². The summed E-state index contributed by atoms with van der Waals surface area (Å²) in [5, 5.41) is 5.18. The Kier molecular flexibility index (Phi) is 4.62.